The molecule has 0 aliphatic carbocycles. The summed E-state index contributed by atoms with van der Waals surface area (Å²) in [5, 5.41) is 7.91. The minimum Gasteiger partial charge on any atom is -0.454 e. The van der Waals surface area contributed by atoms with E-state index in [1.54, 1.807) is 23.6 Å². The Hall–Kier alpha value is -3.13. The number of carbonyl (C=O) groups is 1. The van der Waals surface area contributed by atoms with E-state index in [2.05, 4.69) is 15.6 Å². The molecule has 126 valence electrons. The van der Waals surface area contributed by atoms with Crippen LogP contribution in [0.5, 0.6) is 11.5 Å². The second-order valence-corrected chi connectivity index (χ2v) is 6.05. The Labute approximate surface area is 146 Å². The largest absolute Gasteiger partial charge is 0.454 e. The molecule has 1 amide bonds. The normalized spacial score (nSPS) is 12.0. The molecule has 2 aromatic carbocycles. The Morgan fingerprint density at radius 1 is 1.12 bits per heavy atom. The molecule has 1 aliphatic heterocycles. The van der Waals surface area contributed by atoms with Gasteiger partial charge in [0, 0.05) is 22.8 Å². The molecule has 2 heterocycles. The summed E-state index contributed by atoms with van der Waals surface area (Å²) >= 11 is 1.29. The average molecular weight is 357 g/mol. The van der Waals surface area contributed by atoms with Gasteiger partial charge in [0.05, 0.1) is 0 Å². The van der Waals surface area contributed by atoms with Crippen LogP contribution in [0.4, 0.5) is 20.9 Å². The second kappa shape index (κ2) is 6.40. The van der Waals surface area contributed by atoms with E-state index in [-0.39, 0.29) is 12.5 Å². The molecule has 4 rings (SSSR count). The van der Waals surface area contributed by atoms with Crippen LogP contribution in [-0.4, -0.2) is 17.7 Å². The zero-order chi connectivity index (χ0) is 17.2. The van der Waals surface area contributed by atoms with Crippen molar-refractivity contribution in [2.24, 2.45) is 0 Å². The molecule has 0 fully saturated rings. The number of anilines is 3. The van der Waals surface area contributed by atoms with Gasteiger partial charge in [-0.2, -0.15) is 0 Å². The number of amides is 1. The van der Waals surface area contributed by atoms with Gasteiger partial charge in [-0.3, -0.25) is 4.79 Å². The van der Waals surface area contributed by atoms with Gasteiger partial charge in [-0.15, -0.1) is 11.3 Å². The highest BCUT2D eigenvalue weighted by Crippen LogP contribution is 2.35. The third-order valence-electron chi connectivity index (χ3n) is 3.44. The van der Waals surface area contributed by atoms with Crippen LogP contribution in [0.3, 0.4) is 0 Å². The van der Waals surface area contributed by atoms with Crippen molar-refractivity contribution in [1.82, 2.24) is 4.98 Å². The first kappa shape index (κ1) is 15.4. The van der Waals surface area contributed by atoms with E-state index in [0.29, 0.717) is 22.3 Å². The lowest BCUT2D eigenvalue weighted by molar-refractivity contribution is 0.102. The van der Waals surface area contributed by atoms with Crippen LogP contribution in [0, 0.1) is 5.82 Å². The number of aromatic nitrogens is 1. The predicted molar refractivity (Wildman–Crippen MR) is 92.3 cm³/mol. The SMILES string of the molecule is O=C(Nc1cccc(F)c1)c1csc(Nc2ccc3c(c2)OCO3)n1. The average Bonchev–Trinajstić information content (AvgIpc) is 3.23. The molecule has 0 saturated carbocycles. The minimum absolute atomic E-state index is 0.209. The molecule has 0 bridgehead atoms. The van der Waals surface area contributed by atoms with Gasteiger partial charge < -0.3 is 20.1 Å². The fourth-order valence-electron chi connectivity index (χ4n) is 2.29. The minimum atomic E-state index is -0.416. The van der Waals surface area contributed by atoms with Crippen LogP contribution in [0.15, 0.2) is 47.8 Å². The number of nitrogens with zero attached hydrogens (tertiary/aromatic N) is 1. The molecule has 8 heteroatoms. The quantitative estimate of drug-likeness (QED) is 0.738. The lowest BCUT2D eigenvalue weighted by Gasteiger charge is -2.04. The Morgan fingerprint density at radius 3 is 2.88 bits per heavy atom. The lowest BCUT2D eigenvalue weighted by atomic mass is 10.3. The van der Waals surface area contributed by atoms with Gasteiger partial charge in [-0.05, 0) is 30.3 Å². The smallest absolute Gasteiger partial charge is 0.275 e. The van der Waals surface area contributed by atoms with Crippen molar-refractivity contribution in [2.75, 3.05) is 17.4 Å². The van der Waals surface area contributed by atoms with E-state index >= 15 is 0 Å². The van der Waals surface area contributed by atoms with Gasteiger partial charge in [-0.1, -0.05) is 6.07 Å². The maximum atomic E-state index is 13.2. The molecule has 0 unspecified atom stereocenters. The molecule has 0 atom stereocenters. The number of hydrogen-bond acceptors (Lipinski definition) is 6. The number of thiazole rings is 1. The van der Waals surface area contributed by atoms with E-state index in [1.807, 2.05) is 6.07 Å². The van der Waals surface area contributed by atoms with Crippen molar-refractivity contribution in [2.45, 2.75) is 0 Å². The van der Waals surface area contributed by atoms with Crippen molar-refractivity contribution in [3.8, 4) is 11.5 Å². The third kappa shape index (κ3) is 3.38. The Morgan fingerprint density at radius 2 is 2.00 bits per heavy atom. The van der Waals surface area contributed by atoms with Crippen LogP contribution >= 0.6 is 11.3 Å². The lowest BCUT2D eigenvalue weighted by Crippen LogP contribution is -2.12. The molecule has 1 aliphatic rings. The van der Waals surface area contributed by atoms with Crippen molar-refractivity contribution in [3.05, 3.63) is 59.4 Å². The third-order valence-corrected chi connectivity index (χ3v) is 4.20. The highest BCUT2D eigenvalue weighted by molar-refractivity contribution is 7.14. The molecule has 0 spiro atoms. The van der Waals surface area contributed by atoms with E-state index in [4.69, 9.17) is 9.47 Å². The first-order valence-corrected chi connectivity index (χ1v) is 8.24. The molecule has 3 aromatic rings. The topological polar surface area (TPSA) is 72.5 Å². The van der Waals surface area contributed by atoms with Crippen molar-refractivity contribution >= 4 is 33.8 Å². The van der Waals surface area contributed by atoms with E-state index < -0.39 is 11.7 Å². The summed E-state index contributed by atoms with van der Waals surface area (Å²) in [6.07, 6.45) is 0. The molecule has 0 radical (unpaired) electrons. The Bertz CT molecular complexity index is 944. The predicted octanol–water partition coefficient (Wildman–Crippen LogP) is 4.01. The van der Waals surface area contributed by atoms with Crippen molar-refractivity contribution in [1.29, 1.82) is 0 Å². The summed E-state index contributed by atoms with van der Waals surface area (Å²) in [6.45, 7) is 0.209. The number of benzene rings is 2. The maximum absolute atomic E-state index is 13.2. The first-order chi connectivity index (χ1) is 12.2. The molecular formula is C17H12FN3O3S. The summed E-state index contributed by atoms with van der Waals surface area (Å²) in [7, 11) is 0. The van der Waals surface area contributed by atoms with Gasteiger partial charge in [0.2, 0.25) is 6.79 Å². The maximum Gasteiger partial charge on any atom is 0.275 e. The van der Waals surface area contributed by atoms with Crippen LogP contribution < -0.4 is 20.1 Å². The van der Waals surface area contributed by atoms with Crippen molar-refractivity contribution in [3.63, 3.8) is 0 Å². The molecular weight excluding hydrogens is 345 g/mol. The fraction of sp³-hybridized carbons (Fsp3) is 0.0588. The second-order valence-electron chi connectivity index (χ2n) is 5.20. The highest BCUT2D eigenvalue weighted by Gasteiger charge is 2.15. The van der Waals surface area contributed by atoms with Gasteiger partial charge >= 0.3 is 0 Å². The number of hydrogen-bond donors (Lipinski definition) is 2. The van der Waals surface area contributed by atoms with Gasteiger partial charge in [0.1, 0.15) is 11.5 Å². The molecule has 1 aromatic heterocycles. The Kier molecular flexibility index (Phi) is 3.95. The first-order valence-electron chi connectivity index (χ1n) is 7.36. The zero-order valence-corrected chi connectivity index (χ0v) is 13.6. The van der Waals surface area contributed by atoms with Gasteiger partial charge in [0.15, 0.2) is 16.6 Å². The van der Waals surface area contributed by atoms with Crippen LogP contribution in [0.2, 0.25) is 0 Å². The summed E-state index contributed by atoms with van der Waals surface area (Å²) in [5.74, 6) is 0.535. The summed E-state index contributed by atoms with van der Waals surface area (Å²) in [6, 6.07) is 11.1. The number of carbonyl (C=O) groups excluding carboxylic acids is 1. The highest BCUT2D eigenvalue weighted by atomic mass is 32.1. The van der Waals surface area contributed by atoms with E-state index in [1.165, 1.54) is 29.5 Å². The van der Waals surface area contributed by atoms with Crippen LogP contribution in [-0.2, 0) is 0 Å². The molecule has 2 N–H and O–H groups in total. The molecule has 25 heavy (non-hydrogen) atoms. The van der Waals surface area contributed by atoms with E-state index in [0.717, 1.165) is 5.69 Å². The molecule has 0 saturated heterocycles. The summed E-state index contributed by atoms with van der Waals surface area (Å²) < 4.78 is 23.8. The summed E-state index contributed by atoms with van der Waals surface area (Å²) in [4.78, 5) is 16.4. The number of nitrogens with one attached hydrogen (secondary N) is 2. The molecule has 6 nitrogen and oxygen atoms in total. The van der Waals surface area contributed by atoms with Crippen molar-refractivity contribution < 1.29 is 18.7 Å². The standard InChI is InChI=1S/C17H12FN3O3S/c18-10-2-1-3-11(6-10)19-16(22)13-8-25-17(21-13)20-12-4-5-14-15(7-12)24-9-23-14/h1-8H,9H2,(H,19,22)(H,20,21). The number of ether oxygens (including phenoxy) is 2. The van der Waals surface area contributed by atoms with Crippen LogP contribution in [0.1, 0.15) is 10.5 Å². The summed E-state index contributed by atoms with van der Waals surface area (Å²) in [5.41, 5.74) is 1.40. The monoisotopic (exact) mass is 357 g/mol. The fourth-order valence-corrected chi connectivity index (χ4v) is 3.01. The zero-order valence-electron chi connectivity index (χ0n) is 12.8. The number of fused-ring (bicyclic) bond motifs is 1. The van der Waals surface area contributed by atoms with E-state index in [9.17, 15) is 9.18 Å². The number of rotatable bonds is 4. The van der Waals surface area contributed by atoms with Crippen LogP contribution in [0.25, 0.3) is 0 Å². The van der Waals surface area contributed by atoms with Gasteiger partial charge in [0.25, 0.3) is 5.91 Å². The van der Waals surface area contributed by atoms with Gasteiger partial charge in [-0.25, -0.2) is 9.37 Å². The number of halogens is 1. The Balaban J connectivity index is 1.45.